The Morgan fingerprint density at radius 2 is 1.85 bits per heavy atom. The maximum atomic E-state index is 12.9. The van der Waals surface area contributed by atoms with E-state index in [-0.39, 0.29) is 46.2 Å². The number of carboxylic acid groups (broad SMARTS) is 2. The Morgan fingerprint density at radius 1 is 1.15 bits per heavy atom. The van der Waals surface area contributed by atoms with Gasteiger partial charge in [0, 0.05) is 37.0 Å². The van der Waals surface area contributed by atoms with Gasteiger partial charge in [0.15, 0.2) is 17.2 Å². The molecule has 1 aromatic heterocycles. The Labute approximate surface area is 238 Å². The molecule has 4 rings (SSSR count). The third kappa shape index (κ3) is 6.88. The van der Waals surface area contributed by atoms with Gasteiger partial charge in [-0.15, -0.1) is 11.3 Å². The molecule has 1 saturated heterocycles. The van der Waals surface area contributed by atoms with E-state index in [0.29, 0.717) is 34.5 Å². The van der Waals surface area contributed by atoms with Crippen molar-refractivity contribution in [3.8, 4) is 16.2 Å². The highest BCUT2D eigenvalue weighted by molar-refractivity contribution is 7.88. The molecule has 0 radical (unpaired) electrons. The molecule has 212 valence electrons. The van der Waals surface area contributed by atoms with Gasteiger partial charge in [0.25, 0.3) is 5.69 Å². The topological polar surface area (TPSA) is 176 Å². The van der Waals surface area contributed by atoms with Crippen LogP contribution in [0.2, 0.25) is 5.02 Å². The maximum absolute atomic E-state index is 12.9. The molecular formula is C25H24ClN3O9S2. The Balaban J connectivity index is 1.42. The quantitative estimate of drug-likeness (QED) is 0.206. The van der Waals surface area contributed by atoms with Gasteiger partial charge in [-0.25, -0.2) is 22.3 Å². The SMILES string of the molecule is O=C(O)COc1c(C(=O)O)sc(-c2cccc(NC3CCN(S(=O)(=O)Cc4cccc([N+](=O)[O-])c4)CC3)c2)c1Cl. The Morgan fingerprint density at radius 3 is 2.50 bits per heavy atom. The number of carbonyl (C=O) groups is 2. The zero-order valence-corrected chi connectivity index (χ0v) is 23.2. The van der Waals surface area contributed by atoms with E-state index in [1.807, 2.05) is 6.07 Å². The minimum absolute atomic E-state index is 0.00284. The van der Waals surface area contributed by atoms with Gasteiger partial charge >= 0.3 is 11.9 Å². The minimum Gasteiger partial charge on any atom is -0.479 e. The zero-order valence-electron chi connectivity index (χ0n) is 20.8. The van der Waals surface area contributed by atoms with Crippen molar-refractivity contribution < 1.29 is 37.9 Å². The molecule has 3 aromatic rings. The van der Waals surface area contributed by atoms with Gasteiger partial charge in [-0.05, 0) is 36.1 Å². The molecule has 0 saturated carbocycles. The first kappa shape index (κ1) is 29.3. The summed E-state index contributed by atoms with van der Waals surface area (Å²) in [5, 5.41) is 32.8. The van der Waals surface area contributed by atoms with E-state index in [2.05, 4.69) is 5.32 Å². The number of nitro groups is 1. The summed E-state index contributed by atoms with van der Waals surface area (Å²) in [7, 11) is -3.67. The van der Waals surface area contributed by atoms with Crippen LogP contribution in [0, 0.1) is 10.1 Å². The summed E-state index contributed by atoms with van der Waals surface area (Å²) in [6.07, 6.45) is 1.04. The van der Waals surface area contributed by atoms with E-state index < -0.39 is 33.5 Å². The lowest BCUT2D eigenvalue weighted by molar-refractivity contribution is -0.384. The smallest absolute Gasteiger partial charge is 0.349 e. The number of aromatic carboxylic acids is 1. The molecule has 0 atom stereocenters. The third-order valence-corrected chi connectivity index (χ3v) is 9.69. The van der Waals surface area contributed by atoms with Crippen molar-refractivity contribution in [3.05, 3.63) is 74.1 Å². The third-order valence-electron chi connectivity index (χ3n) is 6.16. The Hall–Kier alpha value is -3.72. The molecule has 2 heterocycles. The highest BCUT2D eigenvalue weighted by Crippen LogP contribution is 2.46. The van der Waals surface area contributed by atoms with Gasteiger partial charge in [-0.2, -0.15) is 0 Å². The van der Waals surface area contributed by atoms with Crippen LogP contribution in [0.1, 0.15) is 28.1 Å². The summed E-state index contributed by atoms with van der Waals surface area (Å²) in [5.41, 5.74) is 1.50. The highest BCUT2D eigenvalue weighted by Gasteiger charge is 2.29. The number of nitrogens with one attached hydrogen (secondary N) is 1. The first-order valence-electron chi connectivity index (χ1n) is 11.9. The van der Waals surface area contributed by atoms with E-state index in [1.165, 1.54) is 22.5 Å². The van der Waals surface area contributed by atoms with Gasteiger partial charge in [0.05, 0.1) is 15.6 Å². The summed E-state index contributed by atoms with van der Waals surface area (Å²) in [6, 6.07) is 12.6. The fourth-order valence-corrected chi connectivity index (χ4v) is 7.26. The fourth-order valence-electron chi connectivity index (χ4n) is 4.31. The molecule has 40 heavy (non-hydrogen) atoms. The number of ether oxygens (including phenoxy) is 1. The molecule has 1 aliphatic rings. The second kappa shape index (κ2) is 12.2. The van der Waals surface area contributed by atoms with Gasteiger partial charge in [0.1, 0.15) is 5.02 Å². The van der Waals surface area contributed by atoms with Crippen LogP contribution >= 0.6 is 22.9 Å². The van der Waals surface area contributed by atoms with Crippen molar-refractivity contribution in [2.75, 3.05) is 25.0 Å². The first-order valence-corrected chi connectivity index (χ1v) is 14.7. The van der Waals surface area contributed by atoms with E-state index in [4.69, 9.17) is 21.4 Å². The number of hydrogen-bond acceptors (Lipinski definition) is 9. The number of hydrogen-bond donors (Lipinski definition) is 3. The lowest BCUT2D eigenvalue weighted by atomic mass is 10.1. The molecule has 1 fully saturated rings. The lowest BCUT2D eigenvalue weighted by Crippen LogP contribution is -2.42. The van der Waals surface area contributed by atoms with Crippen LogP contribution in [-0.4, -0.2) is 65.5 Å². The Kier molecular flexibility index (Phi) is 8.93. The van der Waals surface area contributed by atoms with Crippen LogP contribution < -0.4 is 10.1 Å². The molecule has 2 aromatic carbocycles. The molecule has 15 heteroatoms. The number of anilines is 1. The monoisotopic (exact) mass is 609 g/mol. The number of nitro benzene ring substituents is 1. The van der Waals surface area contributed by atoms with E-state index >= 15 is 0 Å². The molecule has 0 spiro atoms. The van der Waals surface area contributed by atoms with Crippen molar-refractivity contribution >= 4 is 56.3 Å². The second-order valence-electron chi connectivity index (χ2n) is 8.97. The van der Waals surface area contributed by atoms with Crippen molar-refractivity contribution in [1.82, 2.24) is 4.31 Å². The highest BCUT2D eigenvalue weighted by atomic mass is 35.5. The first-order chi connectivity index (χ1) is 18.9. The number of aliphatic carboxylic acids is 1. The number of carboxylic acids is 2. The van der Waals surface area contributed by atoms with Gasteiger partial charge < -0.3 is 20.3 Å². The number of nitrogens with zero attached hydrogens (tertiary/aromatic N) is 2. The van der Waals surface area contributed by atoms with E-state index in [9.17, 15) is 33.2 Å². The Bertz CT molecular complexity index is 1550. The molecule has 0 aliphatic carbocycles. The number of piperidine rings is 1. The summed E-state index contributed by atoms with van der Waals surface area (Å²) in [5.74, 6) is -3.09. The number of benzene rings is 2. The van der Waals surface area contributed by atoms with Crippen LogP contribution in [0.3, 0.4) is 0 Å². The van der Waals surface area contributed by atoms with Crippen molar-refractivity contribution in [3.63, 3.8) is 0 Å². The van der Waals surface area contributed by atoms with Crippen LogP contribution in [0.25, 0.3) is 10.4 Å². The van der Waals surface area contributed by atoms with Crippen molar-refractivity contribution in [1.29, 1.82) is 0 Å². The zero-order chi connectivity index (χ0) is 29.0. The lowest BCUT2D eigenvalue weighted by Gasteiger charge is -2.32. The van der Waals surface area contributed by atoms with Crippen LogP contribution in [-0.2, 0) is 20.6 Å². The molecule has 1 aliphatic heterocycles. The summed E-state index contributed by atoms with van der Waals surface area (Å²) < 4.78 is 32.4. The van der Waals surface area contributed by atoms with Crippen molar-refractivity contribution in [2.24, 2.45) is 0 Å². The molecule has 0 bridgehead atoms. The predicted octanol–water partition coefficient (Wildman–Crippen LogP) is 4.54. The molecule has 3 N–H and O–H groups in total. The van der Waals surface area contributed by atoms with E-state index in [1.54, 1.807) is 24.3 Å². The number of non-ortho nitro benzene ring substituents is 1. The molecule has 12 nitrogen and oxygen atoms in total. The largest absolute Gasteiger partial charge is 0.479 e. The normalized spacial score (nSPS) is 14.5. The predicted molar refractivity (Wildman–Crippen MR) is 149 cm³/mol. The fraction of sp³-hybridized carbons (Fsp3) is 0.280. The van der Waals surface area contributed by atoms with Gasteiger partial charge in [-0.1, -0.05) is 35.9 Å². The van der Waals surface area contributed by atoms with Gasteiger partial charge in [0.2, 0.25) is 10.0 Å². The summed E-state index contributed by atoms with van der Waals surface area (Å²) >= 11 is 7.26. The number of sulfonamides is 1. The number of thiophene rings is 1. The standard InChI is InChI=1S/C25H24ClN3O9S2/c26-21-22(38-13-20(30)31)24(25(32)33)39-23(21)16-4-2-5-18(12-16)27-17-7-9-28(10-8-17)40(36,37)14-15-3-1-6-19(11-15)29(34)35/h1-6,11-12,17,27H,7-10,13-14H2,(H,30,31)(H,32,33). The molecular weight excluding hydrogens is 586 g/mol. The van der Waals surface area contributed by atoms with Crippen LogP contribution in [0.15, 0.2) is 48.5 Å². The average molecular weight is 610 g/mol. The summed E-state index contributed by atoms with van der Waals surface area (Å²) in [6.45, 7) is -0.188. The second-order valence-corrected chi connectivity index (χ2v) is 12.3. The van der Waals surface area contributed by atoms with Crippen molar-refractivity contribution in [2.45, 2.75) is 24.6 Å². The minimum atomic E-state index is -3.67. The maximum Gasteiger partial charge on any atom is 0.349 e. The summed E-state index contributed by atoms with van der Waals surface area (Å²) in [4.78, 5) is 33.2. The average Bonchev–Trinajstić information content (AvgIpc) is 3.24. The molecule has 0 unspecified atom stereocenters. The molecule has 0 amide bonds. The number of halogens is 1. The number of rotatable bonds is 11. The van der Waals surface area contributed by atoms with Crippen LogP contribution in [0.4, 0.5) is 11.4 Å². The van der Waals surface area contributed by atoms with Gasteiger partial charge in [-0.3, -0.25) is 10.1 Å². The van der Waals surface area contributed by atoms with E-state index in [0.717, 1.165) is 11.3 Å². The van der Waals surface area contributed by atoms with Crippen LogP contribution in [0.5, 0.6) is 5.75 Å².